The van der Waals surface area contributed by atoms with Crippen molar-refractivity contribution >= 4 is 17.6 Å². The molecular formula is C9H17ClO3. The van der Waals surface area contributed by atoms with Crippen LogP contribution in [0.3, 0.4) is 0 Å². The van der Waals surface area contributed by atoms with Crippen LogP contribution in [0.25, 0.3) is 0 Å². The molecule has 0 saturated carbocycles. The van der Waals surface area contributed by atoms with Gasteiger partial charge in [0.05, 0.1) is 19.1 Å². The van der Waals surface area contributed by atoms with Crippen LogP contribution >= 0.6 is 11.6 Å². The third kappa shape index (κ3) is 8.06. The molecule has 0 amide bonds. The van der Waals surface area contributed by atoms with Gasteiger partial charge in [0.25, 0.3) is 0 Å². The molecule has 13 heavy (non-hydrogen) atoms. The summed E-state index contributed by atoms with van der Waals surface area (Å²) in [5.74, 6) is -0.340. The second kappa shape index (κ2) is 5.45. The summed E-state index contributed by atoms with van der Waals surface area (Å²) in [5.41, 5.74) is -0.0401. The first-order valence-electron chi connectivity index (χ1n) is 4.25. The number of ether oxygens (including phenoxy) is 1. The van der Waals surface area contributed by atoms with E-state index in [4.69, 9.17) is 21.4 Å². The fraction of sp³-hybridized carbons (Fsp3) is 0.889. The number of alkyl halides is 1. The standard InChI is InChI=1S/C9H17ClO3/c1-9(2,3)6-13-8(12)4-7(11)5-10/h7,11H,4-6H2,1-3H3. The lowest BCUT2D eigenvalue weighted by Crippen LogP contribution is -2.22. The number of halogens is 1. The van der Waals surface area contributed by atoms with Crippen molar-refractivity contribution in [1.29, 1.82) is 0 Å². The Morgan fingerprint density at radius 1 is 1.54 bits per heavy atom. The number of carbonyl (C=O) groups is 1. The molecule has 0 spiro atoms. The van der Waals surface area contributed by atoms with E-state index in [0.29, 0.717) is 6.61 Å². The van der Waals surface area contributed by atoms with Crippen LogP contribution in [-0.2, 0) is 9.53 Å². The second-order valence-electron chi connectivity index (χ2n) is 4.23. The molecule has 0 saturated heterocycles. The quantitative estimate of drug-likeness (QED) is 0.564. The summed E-state index contributed by atoms with van der Waals surface area (Å²) in [6.45, 7) is 6.27. The van der Waals surface area contributed by atoms with Crippen LogP contribution in [0, 0.1) is 5.41 Å². The molecule has 0 rings (SSSR count). The van der Waals surface area contributed by atoms with E-state index in [1.54, 1.807) is 0 Å². The van der Waals surface area contributed by atoms with Crippen LogP contribution in [0.4, 0.5) is 0 Å². The largest absolute Gasteiger partial charge is 0.465 e. The molecule has 0 heterocycles. The summed E-state index contributed by atoms with van der Waals surface area (Å²) < 4.78 is 4.92. The van der Waals surface area contributed by atoms with Gasteiger partial charge in [-0.3, -0.25) is 4.79 Å². The molecule has 3 nitrogen and oxygen atoms in total. The summed E-state index contributed by atoms with van der Waals surface area (Å²) in [4.78, 5) is 11.0. The van der Waals surface area contributed by atoms with Crippen molar-refractivity contribution in [2.24, 2.45) is 5.41 Å². The summed E-state index contributed by atoms with van der Waals surface area (Å²) in [7, 11) is 0. The SMILES string of the molecule is CC(C)(C)COC(=O)CC(O)CCl. The molecule has 0 fully saturated rings. The third-order valence-electron chi connectivity index (χ3n) is 1.25. The molecule has 0 aromatic rings. The minimum absolute atomic E-state index is 0.0282. The molecule has 0 aromatic carbocycles. The van der Waals surface area contributed by atoms with Crippen LogP contribution in [0.5, 0.6) is 0 Å². The lowest BCUT2D eigenvalue weighted by Gasteiger charge is -2.18. The Bertz CT molecular complexity index is 163. The molecule has 4 heteroatoms. The van der Waals surface area contributed by atoms with E-state index in [1.807, 2.05) is 20.8 Å². The molecule has 1 N–H and O–H groups in total. The van der Waals surface area contributed by atoms with Gasteiger partial charge < -0.3 is 9.84 Å². The number of rotatable bonds is 4. The van der Waals surface area contributed by atoms with E-state index < -0.39 is 12.1 Å². The van der Waals surface area contributed by atoms with Crippen molar-refractivity contribution in [2.45, 2.75) is 33.3 Å². The highest BCUT2D eigenvalue weighted by Crippen LogP contribution is 2.13. The Hall–Kier alpha value is -0.280. The molecule has 0 bridgehead atoms. The summed E-state index contributed by atoms with van der Waals surface area (Å²) >= 11 is 5.33. The molecule has 1 unspecified atom stereocenters. The minimum atomic E-state index is -0.797. The highest BCUT2D eigenvalue weighted by molar-refractivity contribution is 6.18. The van der Waals surface area contributed by atoms with Gasteiger partial charge in [0.2, 0.25) is 0 Å². The Balaban J connectivity index is 3.64. The van der Waals surface area contributed by atoms with Gasteiger partial charge in [0, 0.05) is 5.88 Å². The Kier molecular flexibility index (Phi) is 5.33. The monoisotopic (exact) mass is 208 g/mol. The molecule has 0 radical (unpaired) electrons. The third-order valence-corrected chi connectivity index (χ3v) is 1.60. The van der Waals surface area contributed by atoms with Crippen molar-refractivity contribution in [1.82, 2.24) is 0 Å². The fourth-order valence-electron chi connectivity index (χ4n) is 0.603. The van der Waals surface area contributed by atoms with E-state index in [2.05, 4.69) is 0 Å². The maximum Gasteiger partial charge on any atom is 0.308 e. The lowest BCUT2D eigenvalue weighted by atomic mass is 9.99. The van der Waals surface area contributed by atoms with Gasteiger partial charge in [-0.15, -0.1) is 11.6 Å². The predicted molar refractivity (Wildman–Crippen MR) is 51.8 cm³/mol. The van der Waals surface area contributed by atoms with E-state index in [1.165, 1.54) is 0 Å². The van der Waals surface area contributed by atoms with E-state index in [-0.39, 0.29) is 17.7 Å². The van der Waals surface area contributed by atoms with Gasteiger partial charge in [0.1, 0.15) is 0 Å². The number of carbonyl (C=O) groups excluding carboxylic acids is 1. The van der Waals surface area contributed by atoms with E-state index in [9.17, 15) is 4.79 Å². The van der Waals surface area contributed by atoms with Crippen molar-refractivity contribution in [3.8, 4) is 0 Å². The zero-order valence-corrected chi connectivity index (χ0v) is 9.10. The average molecular weight is 209 g/mol. The maximum absolute atomic E-state index is 11.0. The molecule has 0 aromatic heterocycles. The van der Waals surface area contributed by atoms with Crippen LogP contribution in [0.15, 0.2) is 0 Å². The Morgan fingerprint density at radius 3 is 2.46 bits per heavy atom. The van der Waals surface area contributed by atoms with Gasteiger partial charge in [-0.25, -0.2) is 0 Å². The molecule has 1 atom stereocenters. The van der Waals surface area contributed by atoms with E-state index >= 15 is 0 Å². The number of aliphatic hydroxyl groups is 1. The first-order chi connectivity index (χ1) is 5.85. The highest BCUT2D eigenvalue weighted by atomic mass is 35.5. The Morgan fingerprint density at radius 2 is 2.08 bits per heavy atom. The number of hydrogen-bond donors (Lipinski definition) is 1. The van der Waals surface area contributed by atoms with Gasteiger partial charge in [-0.2, -0.15) is 0 Å². The van der Waals surface area contributed by atoms with Gasteiger partial charge >= 0.3 is 5.97 Å². The van der Waals surface area contributed by atoms with Crippen LogP contribution in [-0.4, -0.2) is 29.7 Å². The Labute approximate surface area is 84.0 Å². The average Bonchev–Trinajstić information content (AvgIpc) is 1.99. The highest BCUT2D eigenvalue weighted by Gasteiger charge is 2.15. The summed E-state index contributed by atoms with van der Waals surface area (Å²) in [6.07, 6.45) is -0.825. The van der Waals surface area contributed by atoms with Crippen LogP contribution in [0.2, 0.25) is 0 Å². The minimum Gasteiger partial charge on any atom is -0.465 e. The molecular weight excluding hydrogens is 192 g/mol. The van der Waals surface area contributed by atoms with Gasteiger partial charge in [-0.1, -0.05) is 20.8 Å². The molecule has 0 aliphatic rings. The van der Waals surface area contributed by atoms with Crippen molar-refractivity contribution in [2.75, 3.05) is 12.5 Å². The molecule has 78 valence electrons. The second-order valence-corrected chi connectivity index (χ2v) is 4.54. The smallest absolute Gasteiger partial charge is 0.308 e. The van der Waals surface area contributed by atoms with Crippen molar-refractivity contribution < 1.29 is 14.6 Å². The van der Waals surface area contributed by atoms with Crippen LogP contribution < -0.4 is 0 Å². The first-order valence-corrected chi connectivity index (χ1v) is 4.78. The van der Waals surface area contributed by atoms with Gasteiger partial charge in [0.15, 0.2) is 0 Å². The maximum atomic E-state index is 11.0. The zero-order chi connectivity index (χ0) is 10.5. The number of hydrogen-bond acceptors (Lipinski definition) is 3. The van der Waals surface area contributed by atoms with Crippen molar-refractivity contribution in [3.05, 3.63) is 0 Å². The molecule has 0 aliphatic carbocycles. The topological polar surface area (TPSA) is 46.5 Å². The predicted octanol–water partition coefficient (Wildman–Crippen LogP) is 1.57. The molecule has 0 aliphatic heterocycles. The normalized spacial score (nSPS) is 13.9. The van der Waals surface area contributed by atoms with Gasteiger partial charge in [-0.05, 0) is 5.41 Å². The summed E-state index contributed by atoms with van der Waals surface area (Å²) in [6, 6.07) is 0. The lowest BCUT2D eigenvalue weighted by molar-refractivity contribution is -0.148. The fourth-order valence-corrected chi connectivity index (χ4v) is 0.712. The number of aliphatic hydroxyl groups excluding tert-OH is 1. The van der Waals surface area contributed by atoms with Crippen molar-refractivity contribution in [3.63, 3.8) is 0 Å². The van der Waals surface area contributed by atoms with E-state index in [0.717, 1.165) is 0 Å². The zero-order valence-electron chi connectivity index (χ0n) is 8.34. The summed E-state index contributed by atoms with van der Waals surface area (Å²) in [5, 5.41) is 9.02. The number of esters is 1. The first kappa shape index (κ1) is 12.7. The van der Waals surface area contributed by atoms with Crippen LogP contribution in [0.1, 0.15) is 27.2 Å².